The largest absolute Gasteiger partial charge is 0.380 e. The summed E-state index contributed by atoms with van der Waals surface area (Å²) >= 11 is 0. The molecule has 0 radical (unpaired) electrons. The maximum absolute atomic E-state index is 5.50. The van der Waals surface area contributed by atoms with Gasteiger partial charge < -0.3 is 10.1 Å². The zero-order valence-corrected chi connectivity index (χ0v) is 12.0. The minimum Gasteiger partial charge on any atom is -0.380 e. The molecule has 2 unspecified atom stereocenters. The fourth-order valence-electron chi connectivity index (χ4n) is 2.56. The number of methoxy groups -OCH3 is 1. The first-order chi connectivity index (χ1) is 8.17. The summed E-state index contributed by atoms with van der Waals surface area (Å²) in [6.45, 7) is 11.4. The van der Waals surface area contributed by atoms with Gasteiger partial charge in [0.1, 0.15) is 0 Å². The number of hydrogen-bond acceptors (Lipinski definition) is 3. The second-order valence-corrected chi connectivity index (χ2v) is 5.61. The number of rotatable bonds is 7. The van der Waals surface area contributed by atoms with E-state index in [0.29, 0.717) is 12.1 Å². The van der Waals surface area contributed by atoms with Crippen LogP contribution in [0, 0.1) is 5.92 Å². The van der Waals surface area contributed by atoms with Crippen molar-refractivity contribution in [1.82, 2.24) is 10.2 Å². The van der Waals surface area contributed by atoms with Gasteiger partial charge in [0.15, 0.2) is 0 Å². The van der Waals surface area contributed by atoms with E-state index in [0.717, 1.165) is 25.6 Å². The summed E-state index contributed by atoms with van der Waals surface area (Å²) in [5.74, 6) is 0.737. The third-order valence-corrected chi connectivity index (χ3v) is 3.66. The number of piperidine rings is 1. The third-order valence-electron chi connectivity index (χ3n) is 3.66. The summed E-state index contributed by atoms with van der Waals surface area (Å²) < 4.78 is 5.50. The van der Waals surface area contributed by atoms with Gasteiger partial charge in [-0.25, -0.2) is 0 Å². The van der Waals surface area contributed by atoms with E-state index in [9.17, 15) is 0 Å². The molecule has 0 aliphatic carbocycles. The van der Waals surface area contributed by atoms with Crippen LogP contribution in [0.2, 0.25) is 0 Å². The Labute approximate surface area is 107 Å². The van der Waals surface area contributed by atoms with Gasteiger partial charge in [-0.3, -0.25) is 4.90 Å². The standard InChI is InChI=1S/C14H30N2O/c1-5-13(10-15-9-12(2)3)16-8-6-7-14(11-16)17-4/h12-15H,5-11H2,1-4H3. The SMILES string of the molecule is CCC(CNCC(C)C)N1CCCC(OC)C1. The van der Waals surface area contributed by atoms with Crippen molar-refractivity contribution in [3.8, 4) is 0 Å². The van der Waals surface area contributed by atoms with E-state index >= 15 is 0 Å². The van der Waals surface area contributed by atoms with Gasteiger partial charge in [0.25, 0.3) is 0 Å². The molecule has 1 aliphatic rings. The second-order valence-electron chi connectivity index (χ2n) is 5.61. The van der Waals surface area contributed by atoms with Gasteiger partial charge in [-0.05, 0) is 38.3 Å². The van der Waals surface area contributed by atoms with Crippen LogP contribution in [-0.4, -0.2) is 50.3 Å². The summed E-state index contributed by atoms with van der Waals surface area (Å²) in [5, 5.41) is 3.58. The van der Waals surface area contributed by atoms with Crippen molar-refractivity contribution < 1.29 is 4.74 Å². The molecule has 2 atom stereocenters. The summed E-state index contributed by atoms with van der Waals surface area (Å²) in [5.41, 5.74) is 0. The Morgan fingerprint density at radius 3 is 2.71 bits per heavy atom. The lowest BCUT2D eigenvalue weighted by Gasteiger charge is -2.37. The average molecular weight is 242 g/mol. The molecule has 1 rings (SSSR count). The lowest BCUT2D eigenvalue weighted by atomic mass is 10.0. The summed E-state index contributed by atoms with van der Waals surface area (Å²) in [6.07, 6.45) is 4.17. The average Bonchev–Trinajstić information content (AvgIpc) is 2.34. The van der Waals surface area contributed by atoms with Crippen LogP contribution in [0.5, 0.6) is 0 Å². The first-order valence-electron chi connectivity index (χ1n) is 7.14. The molecule has 1 aliphatic heterocycles. The first kappa shape index (κ1) is 14.9. The molecule has 1 saturated heterocycles. The smallest absolute Gasteiger partial charge is 0.0698 e. The normalized spacial score (nSPS) is 24.2. The van der Waals surface area contributed by atoms with Crippen LogP contribution in [-0.2, 0) is 4.74 Å². The van der Waals surface area contributed by atoms with Gasteiger partial charge in [-0.15, -0.1) is 0 Å². The highest BCUT2D eigenvalue weighted by molar-refractivity contribution is 4.80. The molecule has 0 aromatic rings. The lowest BCUT2D eigenvalue weighted by Crippen LogP contribution is -2.49. The molecule has 17 heavy (non-hydrogen) atoms. The summed E-state index contributed by atoms with van der Waals surface area (Å²) in [6, 6.07) is 0.673. The van der Waals surface area contributed by atoms with Gasteiger partial charge >= 0.3 is 0 Å². The quantitative estimate of drug-likeness (QED) is 0.740. The molecule has 0 aromatic carbocycles. The topological polar surface area (TPSA) is 24.5 Å². The van der Waals surface area contributed by atoms with Gasteiger partial charge in [0.05, 0.1) is 6.10 Å². The van der Waals surface area contributed by atoms with Crippen molar-refractivity contribution >= 4 is 0 Å². The Hall–Kier alpha value is -0.120. The zero-order chi connectivity index (χ0) is 12.7. The predicted molar refractivity (Wildman–Crippen MR) is 73.4 cm³/mol. The number of ether oxygens (including phenoxy) is 1. The van der Waals surface area contributed by atoms with Crippen LogP contribution in [0.15, 0.2) is 0 Å². The molecule has 0 bridgehead atoms. The maximum Gasteiger partial charge on any atom is 0.0698 e. The van der Waals surface area contributed by atoms with E-state index in [-0.39, 0.29) is 0 Å². The molecule has 1 fully saturated rings. The third kappa shape index (κ3) is 5.36. The molecule has 102 valence electrons. The predicted octanol–water partition coefficient (Wildman–Crippen LogP) is 2.12. The molecule has 1 heterocycles. The molecule has 0 amide bonds. The van der Waals surface area contributed by atoms with Crippen LogP contribution >= 0.6 is 0 Å². The Balaban J connectivity index is 2.32. The van der Waals surface area contributed by atoms with Crippen LogP contribution in [0.1, 0.15) is 40.0 Å². The van der Waals surface area contributed by atoms with E-state index < -0.39 is 0 Å². The molecular weight excluding hydrogens is 212 g/mol. The number of nitrogens with one attached hydrogen (secondary N) is 1. The minimum absolute atomic E-state index is 0.447. The van der Waals surface area contributed by atoms with Crippen LogP contribution in [0.25, 0.3) is 0 Å². The molecular formula is C14H30N2O. The van der Waals surface area contributed by atoms with E-state index in [1.165, 1.54) is 25.8 Å². The molecule has 1 N–H and O–H groups in total. The highest BCUT2D eigenvalue weighted by atomic mass is 16.5. The summed E-state index contributed by atoms with van der Waals surface area (Å²) in [4.78, 5) is 2.60. The number of likely N-dealkylation sites (tertiary alicyclic amines) is 1. The van der Waals surface area contributed by atoms with E-state index in [1.807, 2.05) is 7.11 Å². The van der Waals surface area contributed by atoms with Crippen molar-refractivity contribution in [3.05, 3.63) is 0 Å². The van der Waals surface area contributed by atoms with E-state index in [1.54, 1.807) is 0 Å². The van der Waals surface area contributed by atoms with Crippen LogP contribution < -0.4 is 5.32 Å². The number of nitrogens with zero attached hydrogens (tertiary/aromatic N) is 1. The molecule has 3 heteroatoms. The van der Waals surface area contributed by atoms with Crippen molar-refractivity contribution in [1.29, 1.82) is 0 Å². The van der Waals surface area contributed by atoms with Crippen molar-refractivity contribution in [2.24, 2.45) is 5.92 Å². The number of hydrogen-bond donors (Lipinski definition) is 1. The Kier molecular flexibility index (Phi) is 7.09. The zero-order valence-electron chi connectivity index (χ0n) is 12.0. The fourth-order valence-corrected chi connectivity index (χ4v) is 2.56. The maximum atomic E-state index is 5.50. The van der Waals surface area contributed by atoms with E-state index in [4.69, 9.17) is 4.74 Å². The monoisotopic (exact) mass is 242 g/mol. The molecule has 3 nitrogen and oxygen atoms in total. The van der Waals surface area contributed by atoms with Crippen LogP contribution in [0.3, 0.4) is 0 Å². The Morgan fingerprint density at radius 2 is 2.12 bits per heavy atom. The molecule has 0 spiro atoms. The molecule has 0 aromatic heterocycles. The first-order valence-corrected chi connectivity index (χ1v) is 7.14. The highest BCUT2D eigenvalue weighted by Gasteiger charge is 2.24. The van der Waals surface area contributed by atoms with Gasteiger partial charge in [0.2, 0.25) is 0 Å². The summed E-state index contributed by atoms with van der Waals surface area (Å²) in [7, 11) is 1.84. The van der Waals surface area contributed by atoms with Gasteiger partial charge in [-0.1, -0.05) is 20.8 Å². The Morgan fingerprint density at radius 1 is 1.35 bits per heavy atom. The highest BCUT2D eigenvalue weighted by Crippen LogP contribution is 2.16. The fraction of sp³-hybridized carbons (Fsp3) is 1.00. The van der Waals surface area contributed by atoms with Crippen molar-refractivity contribution in [2.75, 3.05) is 33.3 Å². The molecule has 0 saturated carbocycles. The minimum atomic E-state index is 0.447. The van der Waals surface area contributed by atoms with Crippen molar-refractivity contribution in [3.63, 3.8) is 0 Å². The van der Waals surface area contributed by atoms with Gasteiger partial charge in [-0.2, -0.15) is 0 Å². The van der Waals surface area contributed by atoms with Gasteiger partial charge in [0, 0.05) is 26.2 Å². The van der Waals surface area contributed by atoms with Crippen molar-refractivity contribution in [2.45, 2.75) is 52.2 Å². The lowest BCUT2D eigenvalue weighted by molar-refractivity contribution is 0.0138. The van der Waals surface area contributed by atoms with Crippen LogP contribution in [0.4, 0.5) is 0 Å². The second kappa shape index (κ2) is 8.06. The van der Waals surface area contributed by atoms with E-state index in [2.05, 4.69) is 31.0 Å². The Bertz CT molecular complexity index is 197.